The fraction of sp³-hybridized carbons (Fsp3) is 0.533. The van der Waals surface area contributed by atoms with Gasteiger partial charge in [-0.15, -0.1) is 0 Å². The first-order valence-corrected chi connectivity index (χ1v) is 7.09. The van der Waals surface area contributed by atoms with Crippen LogP contribution in [-0.2, 0) is 4.79 Å². The maximum atomic E-state index is 11.8. The summed E-state index contributed by atoms with van der Waals surface area (Å²) in [5, 5.41) is 56.4. The number of rotatable bonds is 9. The molecule has 0 aliphatic rings. The summed E-state index contributed by atoms with van der Waals surface area (Å²) in [6, 6.07) is 6.07. The Morgan fingerprint density at radius 1 is 1.22 bits per heavy atom. The Morgan fingerprint density at radius 2 is 1.87 bits per heavy atom. The second-order valence-corrected chi connectivity index (χ2v) is 5.46. The normalized spacial score (nSPS) is 16.8. The molecule has 0 amide bonds. The van der Waals surface area contributed by atoms with Crippen molar-refractivity contribution in [3.8, 4) is 5.75 Å². The van der Waals surface area contributed by atoms with Crippen molar-refractivity contribution >= 4 is 5.78 Å². The number of aliphatic hydroxyl groups is 5. The lowest BCUT2D eigenvalue weighted by molar-refractivity contribution is -0.141. The number of phenolic OH excluding ortho intramolecular Hbond substituents is 1. The molecule has 0 unspecified atom stereocenters. The number of Topliss-reactive ketones (excluding diaryl/α,β-unsaturated/α-hetero) is 1. The molecule has 1 aromatic carbocycles. The van der Waals surface area contributed by atoms with Crippen LogP contribution in [-0.4, -0.2) is 86.4 Å². The number of aromatic hydroxyl groups is 1. The van der Waals surface area contributed by atoms with E-state index < -0.39 is 36.8 Å². The number of hydrogen-bond acceptors (Lipinski definition) is 8. The standard InChI is InChI=1S/C15H23NO7/c1-16(6-11(19)9-3-2-4-10(18)5-9)7-12(20)14(22)15(23)13(21)8-17/h2-5,11,13-15,17-19,21-23H,6-8H2,1H3/t11-,13+,14+,15+/m0/s1. The largest absolute Gasteiger partial charge is 0.508 e. The summed E-state index contributed by atoms with van der Waals surface area (Å²) in [6.07, 6.45) is -6.18. The van der Waals surface area contributed by atoms with E-state index in [1.807, 2.05) is 0 Å². The highest BCUT2D eigenvalue weighted by atomic mass is 16.4. The van der Waals surface area contributed by atoms with Crippen molar-refractivity contribution < 1.29 is 35.4 Å². The molecule has 1 aromatic rings. The van der Waals surface area contributed by atoms with Crippen molar-refractivity contribution in [1.29, 1.82) is 0 Å². The topological polar surface area (TPSA) is 142 Å². The summed E-state index contributed by atoms with van der Waals surface area (Å²) in [5.74, 6) is -0.743. The van der Waals surface area contributed by atoms with Gasteiger partial charge in [-0.05, 0) is 24.7 Å². The van der Waals surface area contributed by atoms with Crippen LogP contribution in [0.5, 0.6) is 5.75 Å². The van der Waals surface area contributed by atoms with Crippen LogP contribution in [0, 0.1) is 0 Å². The van der Waals surface area contributed by atoms with Crippen molar-refractivity contribution in [3.63, 3.8) is 0 Å². The summed E-state index contributed by atoms with van der Waals surface area (Å²) in [5.41, 5.74) is 0.473. The molecule has 4 atom stereocenters. The maximum absolute atomic E-state index is 11.8. The Hall–Kier alpha value is -1.55. The second-order valence-electron chi connectivity index (χ2n) is 5.46. The molecule has 0 aromatic heterocycles. The van der Waals surface area contributed by atoms with Crippen molar-refractivity contribution in [2.45, 2.75) is 24.4 Å². The minimum Gasteiger partial charge on any atom is -0.508 e. The van der Waals surface area contributed by atoms with E-state index in [1.54, 1.807) is 12.1 Å². The Morgan fingerprint density at radius 3 is 2.43 bits per heavy atom. The average molecular weight is 329 g/mol. The molecule has 0 saturated carbocycles. The van der Waals surface area contributed by atoms with Gasteiger partial charge in [0.1, 0.15) is 24.1 Å². The lowest BCUT2D eigenvalue weighted by Gasteiger charge is -2.24. The summed E-state index contributed by atoms with van der Waals surface area (Å²) >= 11 is 0. The first-order chi connectivity index (χ1) is 10.8. The molecule has 0 aliphatic heterocycles. The molecule has 130 valence electrons. The molecule has 0 saturated heterocycles. The summed E-state index contributed by atoms with van der Waals surface area (Å²) in [7, 11) is 1.53. The molecular formula is C15H23NO7. The molecule has 0 bridgehead atoms. The number of aliphatic hydroxyl groups excluding tert-OH is 5. The number of benzene rings is 1. The molecule has 0 spiro atoms. The summed E-state index contributed by atoms with van der Waals surface area (Å²) < 4.78 is 0. The van der Waals surface area contributed by atoms with E-state index in [-0.39, 0.29) is 18.8 Å². The van der Waals surface area contributed by atoms with Gasteiger partial charge in [-0.2, -0.15) is 0 Å². The molecule has 0 fully saturated rings. The summed E-state index contributed by atoms with van der Waals surface area (Å²) in [4.78, 5) is 13.3. The first kappa shape index (κ1) is 19.5. The zero-order valence-electron chi connectivity index (χ0n) is 12.8. The van der Waals surface area contributed by atoms with Crippen LogP contribution in [0.1, 0.15) is 11.7 Å². The van der Waals surface area contributed by atoms with E-state index in [9.17, 15) is 30.3 Å². The van der Waals surface area contributed by atoms with Gasteiger partial charge < -0.3 is 30.6 Å². The number of ketones is 1. The Bertz CT molecular complexity index is 510. The van der Waals surface area contributed by atoms with E-state index in [0.29, 0.717) is 5.56 Å². The van der Waals surface area contributed by atoms with Crippen LogP contribution < -0.4 is 0 Å². The van der Waals surface area contributed by atoms with E-state index in [0.717, 1.165) is 0 Å². The van der Waals surface area contributed by atoms with E-state index in [2.05, 4.69) is 0 Å². The van der Waals surface area contributed by atoms with E-state index >= 15 is 0 Å². The van der Waals surface area contributed by atoms with Gasteiger partial charge in [-0.1, -0.05) is 12.1 Å². The van der Waals surface area contributed by atoms with Crippen LogP contribution >= 0.6 is 0 Å². The maximum Gasteiger partial charge on any atom is 0.177 e. The number of likely N-dealkylation sites (N-methyl/N-ethyl adjacent to an activating group) is 1. The average Bonchev–Trinajstić information content (AvgIpc) is 2.52. The van der Waals surface area contributed by atoms with Gasteiger partial charge in [0.15, 0.2) is 5.78 Å². The Balaban J connectivity index is 2.55. The highest BCUT2D eigenvalue weighted by Crippen LogP contribution is 2.18. The fourth-order valence-electron chi connectivity index (χ4n) is 2.07. The third-order valence-electron chi connectivity index (χ3n) is 3.40. The van der Waals surface area contributed by atoms with E-state index in [4.69, 9.17) is 5.11 Å². The number of carbonyl (C=O) groups is 1. The van der Waals surface area contributed by atoms with Gasteiger partial charge in [0, 0.05) is 6.54 Å². The molecule has 6 N–H and O–H groups in total. The minimum absolute atomic E-state index is 0.0109. The molecule has 0 radical (unpaired) electrons. The third kappa shape index (κ3) is 5.87. The summed E-state index contributed by atoms with van der Waals surface area (Å²) in [6.45, 7) is -0.996. The van der Waals surface area contributed by atoms with Crippen molar-refractivity contribution in [2.24, 2.45) is 0 Å². The smallest absolute Gasteiger partial charge is 0.177 e. The molecule has 8 nitrogen and oxygen atoms in total. The predicted octanol–water partition coefficient (Wildman–Crippen LogP) is -2.00. The molecule has 1 rings (SSSR count). The third-order valence-corrected chi connectivity index (χ3v) is 3.40. The number of phenols is 1. The minimum atomic E-state index is -1.84. The van der Waals surface area contributed by atoms with Gasteiger partial charge in [0.2, 0.25) is 0 Å². The van der Waals surface area contributed by atoms with Gasteiger partial charge in [-0.25, -0.2) is 0 Å². The monoisotopic (exact) mass is 329 g/mol. The number of hydrogen-bond donors (Lipinski definition) is 6. The Kier molecular flexibility index (Phi) is 7.56. The SMILES string of the molecule is CN(CC(=O)[C@@H](O)[C@H](O)[C@H](O)CO)C[C@H](O)c1cccc(O)c1. The van der Waals surface area contributed by atoms with Crippen LogP contribution in [0.25, 0.3) is 0 Å². The van der Waals surface area contributed by atoms with Gasteiger partial charge >= 0.3 is 0 Å². The van der Waals surface area contributed by atoms with Crippen LogP contribution in [0.3, 0.4) is 0 Å². The van der Waals surface area contributed by atoms with E-state index in [1.165, 1.54) is 24.1 Å². The van der Waals surface area contributed by atoms with Crippen LogP contribution in [0.15, 0.2) is 24.3 Å². The Labute approximate surface area is 133 Å². The quantitative estimate of drug-likeness (QED) is 0.305. The highest BCUT2D eigenvalue weighted by molar-refractivity contribution is 5.85. The first-order valence-electron chi connectivity index (χ1n) is 7.09. The fourth-order valence-corrected chi connectivity index (χ4v) is 2.07. The van der Waals surface area contributed by atoms with Crippen LogP contribution in [0.2, 0.25) is 0 Å². The van der Waals surface area contributed by atoms with Crippen molar-refractivity contribution in [3.05, 3.63) is 29.8 Å². The zero-order chi connectivity index (χ0) is 17.6. The lowest BCUT2D eigenvalue weighted by atomic mass is 10.0. The van der Waals surface area contributed by atoms with Crippen LogP contribution in [0.4, 0.5) is 0 Å². The predicted molar refractivity (Wildman–Crippen MR) is 80.7 cm³/mol. The molecule has 0 heterocycles. The van der Waals surface area contributed by atoms with Crippen molar-refractivity contribution in [1.82, 2.24) is 4.90 Å². The molecular weight excluding hydrogens is 306 g/mol. The number of carbonyl (C=O) groups excluding carboxylic acids is 1. The van der Waals surface area contributed by atoms with Crippen molar-refractivity contribution in [2.75, 3.05) is 26.7 Å². The zero-order valence-corrected chi connectivity index (χ0v) is 12.8. The van der Waals surface area contributed by atoms with Gasteiger partial charge in [0.25, 0.3) is 0 Å². The molecule has 23 heavy (non-hydrogen) atoms. The van der Waals surface area contributed by atoms with Gasteiger partial charge in [-0.3, -0.25) is 9.69 Å². The highest BCUT2D eigenvalue weighted by Gasteiger charge is 2.30. The lowest BCUT2D eigenvalue weighted by Crippen LogP contribution is -2.47. The second kappa shape index (κ2) is 8.92. The molecule has 8 heteroatoms. The molecule has 0 aliphatic carbocycles. The number of nitrogens with zero attached hydrogens (tertiary/aromatic N) is 1. The van der Waals surface area contributed by atoms with Gasteiger partial charge in [0.05, 0.1) is 19.3 Å².